The summed E-state index contributed by atoms with van der Waals surface area (Å²) >= 11 is 0. The molecule has 1 aromatic rings. The van der Waals surface area contributed by atoms with E-state index in [-0.39, 0.29) is 5.54 Å². The Kier molecular flexibility index (Phi) is 1.68. The summed E-state index contributed by atoms with van der Waals surface area (Å²) in [5, 5.41) is 2.88. The third-order valence-corrected chi connectivity index (χ3v) is 4.60. The minimum atomic E-state index is 0.283. The lowest BCUT2D eigenvalue weighted by Crippen LogP contribution is -2.40. The van der Waals surface area contributed by atoms with Crippen LogP contribution in [0.5, 0.6) is 0 Å². The van der Waals surface area contributed by atoms with Gasteiger partial charge in [0.25, 0.3) is 0 Å². The molecule has 2 aliphatic heterocycles. The molecule has 1 aromatic carbocycles. The molecule has 3 aliphatic rings. The van der Waals surface area contributed by atoms with Gasteiger partial charge in [-0.15, -0.1) is 0 Å². The summed E-state index contributed by atoms with van der Waals surface area (Å²) in [6.45, 7) is 1.30. The molecule has 1 nitrogen and oxygen atoms in total. The van der Waals surface area contributed by atoms with E-state index in [0.29, 0.717) is 0 Å². The molecular formula is C15H17N. The second-order valence-corrected chi connectivity index (χ2v) is 5.44. The van der Waals surface area contributed by atoms with Crippen LogP contribution in [0.2, 0.25) is 0 Å². The Labute approximate surface area is 96.1 Å². The number of hydrogen-bond donors (Lipinski definition) is 0. The summed E-state index contributed by atoms with van der Waals surface area (Å²) in [6.07, 6.45) is 10.5. The standard InChI is InChI=1S/C15H17N/c1-2-5-13-11-15(10-12(13)4-1)8-7-14-6-3-9-16(14)15/h1-2,4-5,10-11,14H,3,6-9H2. The molecule has 2 heterocycles. The maximum atomic E-state index is 2.74. The Balaban J connectivity index is 1.89. The molecule has 0 amide bonds. The zero-order valence-electron chi connectivity index (χ0n) is 9.52. The zero-order chi connectivity index (χ0) is 10.6. The van der Waals surface area contributed by atoms with Gasteiger partial charge in [-0.25, -0.2) is 0 Å². The predicted octanol–water partition coefficient (Wildman–Crippen LogP) is 1.26. The Bertz CT molecular complexity index is 508. The van der Waals surface area contributed by atoms with Gasteiger partial charge in [0.1, 0.15) is 0 Å². The minimum Gasteiger partial charge on any atom is -0.288 e. The van der Waals surface area contributed by atoms with Gasteiger partial charge in [-0.3, -0.25) is 4.90 Å². The SMILES string of the molecule is C1=c2ccccc2=CC12CCC1CCCN12. The molecule has 82 valence electrons. The van der Waals surface area contributed by atoms with Crippen LogP contribution in [0.4, 0.5) is 0 Å². The summed E-state index contributed by atoms with van der Waals surface area (Å²) in [4.78, 5) is 2.74. The summed E-state index contributed by atoms with van der Waals surface area (Å²) in [5.41, 5.74) is 0.283. The van der Waals surface area contributed by atoms with Crippen LogP contribution in [0.3, 0.4) is 0 Å². The number of benzene rings is 1. The maximum absolute atomic E-state index is 2.74. The highest BCUT2D eigenvalue weighted by molar-refractivity contribution is 5.63. The summed E-state index contributed by atoms with van der Waals surface area (Å²) in [7, 11) is 0. The van der Waals surface area contributed by atoms with Gasteiger partial charge in [-0.2, -0.15) is 0 Å². The van der Waals surface area contributed by atoms with Crippen molar-refractivity contribution in [3.05, 3.63) is 34.7 Å². The molecule has 1 aliphatic carbocycles. The summed E-state index contributed by atoms with van der Waals surface area (Å²) in [6, 6.07) is 9.67. The molecule has 1 spiro atoms. The number of rotatable bonds is 0. The Morgan fingerprint density at radius 3 is 2.56 bits per heavy atom. The van der Waals surface area contributed by atoms with E-state index in [1.807, 2.05) is 0 Å². The molecule has 0 saturated carbocycles. The van der Waals surface area contributed by atoms with Crippen LogP contribution in [-0.4, -0.2) is 23.0 Å². The first kappa shape index (κ1) is 9.00. The smallest absolute Gasteiger partial charge is 0.0596 e. The molecule has 4 rings (SSSR count). The Morgan fingerprint density at radius 1 is 1.06 bits per heavy atom. The van der Waals surface area contributed by atoms with Crippen molar-refractivity contribution in [3.8, 4) is 0 Å². The van der Waals surface area contributed by atoms with E-state index < -0.39 is 0 Å². The largest absolute Gasteiger partial charge is 0.288 e. The van der Waals surface area contributed by atoms with E-state index in [2.05, 4.69) is 41.3 Å². The lowest BCUT2D eigenvalue weighted by Gasteiger charge is -2.31. The predicted molar refractivity (Wildman–Crippen MR) is 66.3 cm³/mol. The average Bonchev–Trinajstić information content (AvgIpc) is 2.96. The molecular weight excluding hydrogens is 194 g/mol. The molecule has 0 aromatic heterocycles. The van der Waals surface area contributed by atoms with Crippen molar-refractivity contribution in [1.29, 1.82) is 0 Å². The van der Waals surface area contributed by atoms with Crippen molar-refractivity contribution in [2.24, 2.45) is 0 Å². The molecule has 16 heavy (non-hydrogen) atoms. The fourth-order valence-electron chi connectivity index (χ4n) is 3.89. The minimum absolute atomic E-state index is 0.283. The molecule has 1 unspecified atom stereocenters. The van der Waals surface area contributed by atoms with Gasteiger partial charge in [0, 0.05) is 6.04 Å². The highest BCUT2D eigenvalue weighted by atomic mass is 15.3. The average molecular weight is 211 g/mol. The van der Waals surface area contributed by atoms with E-state index >= 15 is 0 Å². The first-order valence-corrected chi connectivity index (χ1v) is 6.45. The molecule has 2 saturated heterocycles. The Hall–Kier alpha value is -1.08. The van der Waals surface area contributed by atoms with Gasteiger partial charge in [0.05, 0.1) is 5.54 Å². The summed E-state index contributed by atoms with van der Waals surface area (Å²) in [5.74, 6) is 0. The Morgan fingerprint density at radius 2 is 1.81 bits per heavy atom. The molecule has 2 fully saturated rings. The van der Waals surface area contributed by atoms with Gasteiger partial charge in [-0.05, 0) is 42.7 Å². The molecule has 1 heteroatoms. The van der Waals surface area contributed by atoms with Crippen LogP contribution in [0.1, 0.15) is 25.7 Å². The quantitative estimate of drug-likeness (QED) is 0.624. The molecule has 0 radical (unpaired) electrons. The van der Waals surface area contributed by atoms with Crippen LogP contribution < -0.4 is 10.4 Å². The zero-order valence-corrected chi connectivity index (χ0v) is 9.52. The van der Waals surface area contributed by atoms with Crippen molar-refractivity contribution in [2.45, 2.75) is 37.3 Å². The van der Waals surface area contributed by atoms with E-state index in [0.717, 1.165) is 6.04 Å². The first-order chi connectivity index (χ1) is 7.87. The second-order valence-electron chi connectivity index (χ2n) is 5.44. The van der Waals surface area contributed by atoms with Crippen LogP contribution in [0.25, 0.3) is 12.2 Å². The highest BCUT2D eigenvalue weighted by Gasteiger charge is 2.46. The maximum Gasteiger partial charge on any atom is 0.0596 e. The number of nitrogens with zero attached hydrogens (tertiary/aromatic N) is 1. The van der Waals surface area contributed by atoms with Crippen molar-refractivity contribution >= 4 is 12.2 Å². The van der Waals surface area contributed by atoms with Gasteiger partial charge in [0.15, 0.2) is 0 Å². The summed E-state index contributed by atoms with van der Waals surface area (Å²) < 4.78 is 0. The fourth-order valence-corrected chi connectivity index (χ4v) is 3.89. The van der Waals surface area contributed by atoms with Crippen molar-refractivity contribution in [1.82, 2.24) is 4.90 Å². The third-order valence-electron chi connectivity index (χ3n) is 4.60. The van der Waals surface area contributed by atoms with Crippen LogP contribution in [0, 0.1) is 0 Å². The van der Waals surface area contributed by atoms with Crippen molar-refractivity contribution in [3.63, 3.8) is 0 Å². The lowest BCUT2D eigenvalue weighted by molar-refractivity contribution is 0.248. The number of hydrogen-bond acceptors (Lipinski definition) is 1. The van der Waals surface area contributed by atoms with Crippen molar-refractivity contribution < 1.29 is 0 Å². The molecule has 1 atom stereocenters. The normalized spacial score (nSPS) is 29.9. The van der Waals surface area contributed by atoms with Crippen molar-refractivity contribution in [2.75, 3.05) is 6.54 Å². The van der Waals surface area contributed by atoms with E-state index in [9.17, 15) is 0 Å². The van der Waals surface area contributed by atoms with Gasteiger partial charge < -0.3 is 0 Å². The number of fused-ring (bicyclic) bond motifs is 3. The first-order valence-electron chi connectivity index (χ1n) is 6.45. The third kappa shape index (κ3) is 1.04. The van der Waals surface area contributed by atoms with E-state index in [4.69, 9.17) is 0 Å². The monoisotopic (exact) mass is 211 g/mol. The van der Waals surface area contributed by atoms with Gasteiger partial charge >= 0.3 is 0 Å². The van der Waals surface area contributed by atoms with E-state index in [1.165, 1.54) is 42.7 Å². The second kappa shape index (κ2) is 2.98. The lowest BCUT2D eigenvalue weighted by atomic mass is 9.97. The van der Waals surface area contributed by atoms with Gasteiger partial charge in [0.2, 0.25) is 0 Å². The highest BCUT2D eigenvalue weighted by Crippen LogP contribution is 2.42. The fraction of sp³-hybridized carbons (Fsp3) is 0.467. The molecule has 0 N–H and O–H groups in total. The topological polar surface area (TPSA) is 3.24 Å². The molecule has 0 bridgehead atoms. The van der Waals surface area contributed by atoms with Crippen LogP contribution >= 0.6 is 0 Å². The van der Waals surface area contributed by atoms with Crippen LogP contribution in [0.15, 0.2) is 24.3 Å². The van der Waals surface area contributed by atoms with Crippen LogP contribution in [-0.2, 0) is 0 Å². The van der Waals surface area contributed by atoms with E-state index in [1.54, 1.807) is 0 Å². The van der Waals surface area contributed by atoms with Gasteiger partial charge in [-0.1, -0.05) is 36.4 Å².